The van der Waals surface area contributed by atoms with Gasteiger partial charge in [0.15, 0.2) is 5.69 Å². The number of carbonyl (C=O) groups is 2. The summed E-state index contributed by atoms with van der Waals surface area (Å²) in [6.07, 6.45) is -2.32. The van der Waals surface area contributed by atoms with Crippen LogP contribution >= 0.6 is 0 Å². The Morgan fingerprint density at radius 2 is 1.73 bits per heavy atom. The van der Waals surface area contributed by atoms with Gasteiger partial charge in [0.25, 0.3) is 11.5 Å². The second kappa shape index (κ2) is 10.3. The fraction of sp³-hybridized carbons (Fsp3) is 0.304. The molecule has 0 spiro atoms. The number of hydrazine groups is 1. The molecule has 1 aromatic heterocycles. The van der Waals surface area contributed by atoms with Crippen LogP contribution in [0.4, 0.5) is 13.2 Å². The van der Waals surface area contributed by atoms with Crippen LogP contribution < -0.4 is 16.4 Å². The number of unbranched alkanes of at least 4 members (excludes halogenated alkanes) is 2. The summed E-state index contributed by atoms with van der Waals surface area (Å²) in [5, 5.41) is 4.84. The molecule has 0 saturated heterocycles. The molecule has 0 unspecified atom stereocenters. The minimum Gasteiger partial charge on any atom is -0.273 e. The lowest BCUT2D eigenvalue weighted by molar-refractivity contribution is -0.137. The van der Waals surface area contributed by atoms with Crippen LogP contribution in [0.5, 0.6) is 0 Å². The Morgan fingerprint density at radius 3 is 2.42 bits per heavy atom. The molecule has 0 aliphatic rings. The van der Waals surface area contributed by atoms with Crippen LogP contribution in [0.1, 0.15) is 47.8 Å². The highest BCUT2D eigenvalue weighted by atomic mass is 19.4. The monoisotopic (exact) mass is 460 g/mol. The fourth-order valence-electron chi connectivity index (χ4n) is 3.34. The Bertz CT molecular complexity index is 1220. The van der Waals surface area contributed by atoms with Gasteiger partial charge >= 0.3 is 6.18 Å². The smallest absolute Gasteiger partial charge is 0.273 e. The molecule has 0 bridgehead atoms. The average molecular weight is 460 g/mol. The molecular weight excluding hydrogens is 437 g/mol. The van der Waals surface area contributed by atoms with Crippen molar-refractivity contribution in [2.45, 2.75) is 45.3 Å². The van der Waals surface area contributed by atoms with Crippen molar-refractivity contribution in [3.63, 3.8) is 0 Å². The van der Waals surface area contributed by atoms with E-state index in [1.54, 1.807) is 24.3 Å². The number of hydrogen-bond acceptors (Lipinski definition) is 4. The number of nitrogens with zero attached hydrogens (tertiary/aromatic N) is 2. The number of alkyl halides is 3. The molecule has 33 heavy (non-hydrogen) atoms. The van der Waals surface area contributed by atoms with Crippen LogP contribution in [0.3, 0.4) is 0 Å². The lowest BCUT2D eigenvalue weighted by atomic mass is 10.1. The van der Waals surface area contributed by atoms with E-state index in [0.29, 0.717) is 17.3 Å². The summed E-state index contributed by atoms with van der Waals surface area (Å²) in [5.41, 5.74) is 3.35. The second-order valence-electron chi connectivity index (χ2n) is 7.51. The van der Waals surface area contributed by atoms with Gasteiger partial charge in [-0.25, -0.2) is 4.68 Å². The molecule has 3 aromatic rings. The van der Waals surface area contributed by atoms with Gasteiger partial charge in [0.1, 0.15) is 0 Å². The van der Waals surface area contributed by atoms with Gasteiger partial charge in [-0.05, 0) is 24.1 Å². The molecule has 0 atom stereocenters. The summed E-state index contributed by atoms with van der Waals surface area (Å²) in [5.74, 6) is -1.45. The standard InChI is InChI=1S/C23H23F3N4O3/c1-2-3-6-12-30-22(33)18-11-5-4-10-17(18)20(29-30)21(32)28-27-19(31)14-15-8-7-9-16(13-15)23(24,25)26/h4-5,7-11,13H,2-3,6,12,14H2,1H3,(H,27,31)(H,28,32). The van der Waals surface area contributed by atoms with E-state index in [-0.39, 0.29) is 23.2 Å². The molecule has 0 saturated carbocycles. The van der Waals surface area contributed by atoms with Crippen molar-refractivity contribution in [2.75, 3.05) is 0 Å². The highest BCUT2D eigenvalue weighted by Gasteiger charge is 2.30. The quantitative estimate of drug-likeness (QED) is 0.416. The largest absolute Gasteiger partial charge is 0.416 e. The number of amides is 2. The third-order valence-electron chi connectivity index (χ3n) is 4.99. The van der Waals surface area contributed by atoms with Gasteiger partial charge in [-0.3, -0.25) is 25.2 Å². The third kappa shape index (κ3) is 5.97. The van der Waals surface area contributed by atoms with Gasteiger partial charge in [0.2, 0.25) is 5.91 Å². The zero-order valence-electron chi connectivity index (χ0n) is 17.9. The predicted molar refractivity (Wildman–Crippen MR) is 116 cm³/mol. The van der Waals surface area contributed by atoms with Gasteiger partial charge in [-0.1, -0.05) is 56.2 Å². The molecule has 0 radical (unpaired) electrons. The number of rotatable bonds is 7. The topological polar surface area (TPSA) is 93.1 Å². The molecule has 2 N–H and O–H groups in total. The van der Waals surface area contributed by atoms with Crippen LogP contribution in [-0.4, -0.2) is 21.6 Å². The van der Waals surface area contributed by atoms with E-state index < -0.39 is 23.6 Å². The maximum absolute atomic E-state index is 12.8. The van der Waals surface area contributed by atoms with E-state index >= 15 is 0 Å². The Hall–Kier alpha value is -3.69. The summed E-state index contributed by atoms with van der Waals surface area (Å²) in [6, 6.07) is 10.9. The van der Waals surface area contributed by atoms with Crippen molar-refractivity contribution in [3.8, 4) is 0 Å². The van der Waals surface area contributed by atoms with Gasteiger partial charge in [0, 0.05) is 11.9 Å². The lowest BCUT2D eigenvalue weighted by Crippen LogP contribution is -2.43. The normalized spacial score (nSPS) is 11.4. The van der Waals surface area contributed by atoms with E-state index in [9.17, 15) is 27.6 Å². The zero-order valence-corrected chi connectivity index (χ0v) is 17.9. The predicted octanol–water partition coefficient (Wildman–Crippen LogP) is 3.61. The number of benzene rings is 2. The van der Waals surface area contributed by atoms with Crippen LogP contribution in [0.15, 0.2) is 53.3 Å². The van der Waals surface area contributed by atoms with Crippen molar-refractivity contribution in [1.82, 2.24) is 20.6 Å². The van der Waals surface area contributed by atoms with Crippen LogP contribution in [0, 0.1) is 0 Å². The minimum atomic E-state index is -4.52. The molecule has 2 aromatic carbocycles. The first-order valence-corrected chi connectivity index (χ1v) is 10.5. The summed E-state index contributed by atoms with van der Waals surface area (Å²) in [7, 11) is 0. The molecule has 1 heterocycles. The molecule has 0 fully saturated rings. The first kappa shape index (κ1) is 24.0. The number of halogens is 3. The molecular formula is C23H23F3N4O3. The number of fused-ring (bicyclic) bond motifs is 1. The van der Waals surface area contributed by atoms with E-state index in [1.807, 2.05) is 6.92 Å². The van der Waals surface area contributed by atoms with E-state index in [1.165, 1.54) is 16.8 Å². The van der Waals surface area contributed by atoms with E-state index in [2.05, 4.69) is 16.0 Å². The number of aryl methyl sites for hydroxylation is 1. The zero-order chi connectivity index (χ0) is 24.0. The van der Waals surface area contributed by atoms with Crippen molar-refractivity contribution < 1.29 is 22.8 Å². The number of carbonyl (C=O) groups excluding carboxylic acids is 2. The maximum Gasteiger partial charge on any atom is 0.416 e. The summed E-state index contributed by atoms with van der Waals surface area (Å²) >= 11 is 0. The van der Waals surface area contributed by atoms with Crippen LogP contribution in [0.2, 0.25) is 0 Å². The average Bonchev–Trinajstić information content (AvgIpc) is 2.79. The van der Waals surface area contributed by atoms with Gasteiger partial charge < -0.3 is 0 Å². The number of nitrogens with one attached hydrogen (secondary N) is 2. The first-order chi connectivity index (χ1) is 15.7. The SMILES string of the molecule is CCCCCn1nc(C(=O)NNC(=O)Cc2cccc(C(F)(F)F)c2)c2ccccc2c1=O. The molecule has 0 aliphatic heterocycles. The highest BCUT2D eigenvalue weighted by Crippen LogP contribution is 2.29. The van der Waals surface area contributed by atoms with Gasteiger partial charge in [-0.15, -0.1) is 0 Å². The molecule has 7 nitrogen and oxygen atoms in total. The minimum absolute atomic E-state index is 0.0407. The highest BCUT2D eigenvalue weighted by molar-refractivity contribution is 6.05. The number of aromatic nitrogens is 2. The Labute approximate surface area is 187 Å². The van der Waals surface area contributed by atoms with Gasteiger partial charge in [-0.2, -0.15) is 18.3 Å². The summed E-state index contributed by atoms with van der Waals surface area (Å²) in [4.78, 5) is 37.6. The summed E-state index contributed by atoms with van der Waals surface area (Å²) in [6.45, 7) is 2.37. The first-order valence-electron chi connectivity index (χ1n) is 10.5. The third-order valence-corrected chi connectivity index (χ3v) is 4.99. The summed E-state index contributed by atoms with van der Waals surface area (Å²) < 4.78 is 39.8. The second-order valence-corrected chi connectivity index (χ2v) is 7.51. The Morgan fingerprint density at radius 1 is 1.00 bits per heavy atom. The van der Waals surface area contributed by atoms with Crippen molar-refractivity contribution >= 4 is 22.6 Å². The molecule has 174 valence electrons. The lowest BCUT2D eigenvalue weighted by Gasteiger charge is -2.12. The molecule has 10 heteroatoms. The van der Waals surface area contributed by atoms with E-state index in [0.717, 1.165) is 31.4 Å². The number of hydrogen-bond donors (Lipinski definition) is 2. The van der Waals surface area contributed by atoms with Crippen LogP contribution in [-0.2, 0) is 23.9 Å². The fourth-order valence-corrected chi connectivity index (χ4v) is 3.34. The molecule has 2 amide bonds. The van der Waals surface area contributed by atoms with Crippen molar-refractivity contribution in [2.24, 2.45) is 0 Å². The van der Waals surface area contributed by atoms with Crippen LogP contribution in [0.25, 0.3) is 10.8 Å². The van der Waals surface area contributed by atoms with Crippen molar-refractivity contribution in [1.29, 1.82) is 0 Å². The Kier molecular flexibility index (Phi) is 7.47. The molecule has 0 aliphatic carbocycles. The van der Waals surface area contributed by atoms with Gasteiger partial charge in [0.05, 0.1) is 17.4 Å². The molecule has 3 rings (SSSR count). The van der Waals surface area contributed by atoms with E-state index in [4.69, 9.17) is 0 Å². The van der Waals surface area contributed by atoms with Crippen molar-refractivity contribution in [3.05, 3.63) is 75.7 Å². The Balaban J connectivity index is 1.75. The maximum atomic E-state index is 12.8.